The van der Waals surface area contributed by atoms with Crippen molar-refractivity contribution in [2.45, 2.75) is 26.8 Å². The number of benzene rings is 1. The topological polar surface area (TPSA) is 95.3 Å². The molecule has 0 aliphatic heterocycles. The van der Waals surface area contributed by atoms with E-state index in [1.54, 1.807) is 4.68 Å². The molecule has 2 aromatic rings. The van der Waals surface area contributed by atoms with Gasteiger partial charge in [-0.1, -0.05) is 41.4 Å². The standard InChI is InChI=1S/C16H20N2O4S/c1-12-14(13-6-4-3-5-7-13)10-18(17-12)9-8-16(2,15(19)20)11-23(21)22/h3-7,10H,8-9,11H2,1-2H3,(H,19,20)(H,21,22)/p-1/t16-/m0/s1. The summed E-state index contributed by atoms with van der Waals surface area (Å²) in [6.45, 7) is 3.68. The number of carboxylic acids is 1. The predicted molar refractivity (Wildman–Crippen MR) is 86.5 cm³/mol. The fourth-order valence-corrected chi connectivity index (χ4v) is 3.18. The van der Waals surface area contributed by atoms with E-state index in [4.69, 9.17) is 0 Å². The molecule has 1 aromatic heterocycles. The number of carboxylic acid groups (broad SMARTS) is 1. The van der Waals surface area contributed by atoms with Gasteiger partial charge in [0.25, 0.3) is 0 Å². The highest BCUT2D eigenvalue weighted by molar-refractivity contribution is 7.79. The van der Waals surface area contributed by atoms with Crippen LogP contribution in [0.1, 0.15) is 19.0 Å². The van der Waals surface area contributed by atoms with Gasteiger partial charge in [-0.15, -0.1) is 0 Å². The van der Waals surface area contributed by atoms with Gasteiger partial charge in [-0.2, -0.15) is 5.10 Å². The van der Waals surface area contributed by atoms with Crippen molar-refractivity contribution in [2.24, 2.45) is 5.41 Å². The van der Waals surface area contributed by atoms with Gasteiger partial charge in [-0.3, -0.25) is 13.7 Å². The van der Waals surface area contributed by atoms with Gasteiger partial charge < -0.3 is 9.66 Å². The lowest BCUT2D eigenvalue weighted by atomic mass is 9.89. The van der Waals surface area contributed by atoms with Crippen LogP contribution in [0.2, 0.25) is 0 Å². The molecule has 0 amide bonds. The normalized spacial score (nSPS) is 15.1. The third-order valence-corrected chi connectivity index (χ3v) is 4.75. The van der Waals surface area contributed by atoms with Crippen LogP contribution in [0.3, 0.4) is 0 Å². The molecule has 7 heteroatoms. The first kappa shape index (κ1) is 17.4. The first-order chi connectivity index (χ1) is 10.8. The zero-order valence-electron chi connectivity index (χ0n) is 13.1. The SMILES string of the molecule is Cc1nn(CC[C@@](C)(CS(=O)[O-])C(=O)O)cc1-c1ccccc1. The molecule has 1 unspecified atom stereocenters. The molecule has 0 fully saturated rings. The average molecular weight is 335 g/mol. The van der Waals surface area contributed by atoms with Crippen LogP contribution in [-0.2, 0) is 22.4 Å². The number of rotatable bonds is 7. The molecule has 0 aliphatic carbocycles. The van der Waals surface area contributed by atoms with E-state index in [2.05, 4.69) is 5.10 Å². The van der Waals surface area contributed by atoms with E-state index < -0.39 is 28.2 Å². The largest absolute Gasteiger partial charge is 0.772 e. The predicted octanol–water partition coefficient (Wildman–Crippen LogP) is 2.22. The maximum absolute atomic E-state index is 11.4. The quantitative estimate of drug-likeness (QED) is 0.783. The van der Waals surface area contributed by atoms with Crippen molar-refractivity contribution in [2.75, 3.05) is 5.75 Å². The van der Waals surface area contributed by atoms with Crippen molar-refractivity contribution >= 4 is 17.0 Å². The van der Waals surface area contributed by atoms with Crippen molar-refractivity contribution < 1.29 is 18.7 Å². The van der Waals surface area contributed by atoms with Gasteiger partial charge in [0.05, 0.1) is 11.1 Å². The van der Waals surface area contributed by atoms with E-state index in [-0.39, 0.29) is 6.42 Å². The molecule has 0 aliphatic rings. The highest BCUT2D eigenvalue weighted by Crippen LogP contribution is 2.26. The molecule has 1 aromatic carbocycles. The van der Waals surface area contributed by atoms with Crippen LogP contribution in [0.15, 0.2) is 36.5 Å². The molecule has 0 saturated heterocycles. The molecule has 0 saturated carbocycles. The van der Waals surface area contributed by atoms with E-state index >= 15 is 0 Å². The maximum atomic E-state index is 11.4. The summed E-state index contributed by atoms with van der Waals surface area (Å²) >= 11 is -2.40. The lowest BCUT2D eigenvalue weighted by Crippen LogP contribution is -2.34. The van der Waals surface area contributed by atoms with Gasteiger partial charge in [0.1, 0.15) is 0 Å². The molecule has 124 valence electrons. The summed E-state index contributed by atoms with van der Waals surface area (Å²) in [5.74, 6) is -1.53. The molecule has 6 nitrogen and oxygen atoms in total. The van der Waals surface area contributed by atoms with Gasteiger partial charge in [0.2, 0.25) is 0 Å². The van der Waals surface area contributed by atoms with Crippen LogP contribution in [0.5, 0.6) is 0 Å². The summed E-state index contributed by atoms with van der Waals surface area (Å²) in [5.41, 5.74) is 1.55. The number of nitrogens with zero attached hydrogens (tertiary/aromatic N) is 2. The minimum Gasteiger partial charge on any atom is -0.772 e. The van der Waals surface area contributed by atoms with Crippen molar-refractivity contribution in [3.05, 3.63) is 42.2 Å². The van der Waals surface area contributed by atoms with Crippen LogP contribution >= 0.6 is 0 Å². The minimum absolute atomic E-state index is 0.186. The van der Waals surface area contributed by atoms with Crippen LogP contribution in [0, 0.1) is 12.3 Å². The molecule has 1 heterocycles. The minimum atomic E-state index is -2.40. The Kier molecular flexibility index (Phi) is 5.33. The fourth-order valence-electron chi connectivity index (χ4n) is 2.40. The number of carbonyl (C=O) groups is 1. The van der Waals surface area contributed by atoms with E-state index in [1.165, 1.54) is 6.92 Å². The smallest absolute Gasteiger partial charge is 0.310 e. The molecular formula is C16H19N2O4S-. The molecular weight excluding hydrogens is 316 g/mol. The second-order valence-electron chi connectivity index (χ2n) is 5.82. The highest BCUT2D eigenvalue weighted by atomic mass is 32.2. The van der Waals surface area contributed by atoms with Crippen LogP contribution < -0.4 is 0 Å². The molecule has 2 atom stereocenters. The fraction of sp³-hybridized carbons (Fsp3) is 0.375. The Hall–Kier alpha value is -1.99. The third kappa shape index (κ3) is 4.27. The monoisotopic (exact) mass is 335 g/mol. The molecule has 0 spiro atoms. The summed E-state index contributed by atoms with van der Waals surface area (Å²) in [5, 5.41) is 13.7. The second kappa shape index (κ2) is 7.06. The van der Waals surface area contributed by atoms with Crippen molar-refractivity contribution in [3.8, 4) is 11.1 Å². The first-order valence-corrected chi connectivity index (χ1v) is 8.45. The van der Waals surface area contributed by atoms with Crippen molar-refractivity contribution in [1.82, 2.24) is 9.78 Å². The van der Waals surface area contributed by atoms with Gasteiger partial charge in [-0.05, 0) is 25.8 Å². The lowest BCUT2D eigenvalue weighted by molar-refractivity contribution is -0.147. The maximum Gasteiger partial charge on any atom is 0.310 e. The summed E-state index contributed by atoms with van der Waals surface area (Å²) in [7, 11) is 0. The zero-order chi connectivity index (χ0) is 17.0. The Morgan fingerprint density at radius 1 is 1.39 bits per heavy atom. The van der Waals surface area contributed by atoms with Crippen LogP contribution in [0.25, 0.3) is 11.1 Å². The number of aromatic nitrogens is 2. The summed E-state index contributed by atoms with van der Waals surface area (Å²) in [6.07, 6.45) is 2.05. The molecule has 2 rings (SSSR count). The van der Waals surface area contributed by atoms with Crippen LogP contribution in [-0.4, -0.2) is 35.4 Å². The van der Waals surface area contributed by atoms with Gasteiger partial charge in [0.15, 0.2) is 0 Å². The van der Waals surface area contributed by atoms with E-state index in [9.17, 15) is 18.7 Å². The number of hydrogen-bond donors (Lipinski definition) is 1. The molecule has 23 heavy (non-hydrogen) atoms. The number of aryl methyl sites for hydroxylation is 2. The Labute approximate surface area is 137 Å². The summed E-state index contributed by atoms with van der Waals surface area (Å²) in [6, 6.07) is 9.78. The Bertz CT molecular complexity index is 714. The Morgan fingerprint density at radius 3 is 2.61 bits per heavy atom. The van der Waals surface area contributed by atoms with Gasteiger partial charge in [-0.25, -0.2) is 0 Å². The molecule has 1 N–H and O–H groups in total. The van der Waals surface area contributed by atoms with Crippen LogP contribution in [0.4, 0.5) is 0 Å². The van der Waals surface area contributed by atoms with E-state index in [1.807, 2.05) is 43.5 Å². The summed E-state index contributed by atoms with van der Waals surface area (Å²) in [4.78, 5) is 11.4. The summed E-state index contributed by atoms with van der Waals surface area (Å²) < 4.78 is 23.4. The number of hydrogen-bond acceptors (Lipinski definition) is 4. The van der Waals surface area contributed by atoms with Gasteiger partial charge in [0, 0.05) is 24.1 Å². The third-order valence-electron chi connectivity index (χ3n) is 3.88. The number of aliphatic carboxylic acids is 1. The van der Waals surface area contributed by atoms with Gasteiger partial charge >= 0.3 is 5.97 Å². The van der Waals surface area contributed by atoms with E-state index in [0.717, 1.165) is 16.8 Å². The molecule has 0 radical (unpaired) electrons. The first-order valence-electron chi connectivity index (χ1n) is 7.20. The Balaban J connectivity index is 2.15. The van der Waals surface area contributed by atoms with E-state index in [0.29, 0.717) is 6.54 Å². The Morgan fingerprint density at radius 2 is 2.04 bits per heavy atom. The average Bonchev–Trinajstić information content (AvgIpc) is 2.86. The second-order valence-corrected chi connectivity index (χ2v) is 6.72. The highest BCUT2D eigenvalue weighted by Gasteiger charge is 2.33. The molecule has 0 bridgehead atoms. The van der Waals surface area contributed by atoms with Crippen molar-refractivity contribution in [3.63, 3.8) is 0 Å². The zero-order valence-corrected chi connectivity index (χ0v) is 13.9. The van der Waals surface area contributed by atoms with Crippen molar-refractivity contribution in [1.29, 1.82) is 0 Å². The lowest BCUT2D eigenvalue weighted by Gasteiger charge is -2.25.